The van der Waals surface area contributed by atoms with E-state index in [0.29, 0.717) is 11.5 Å². The number of para-hydroxylation sites is 2. The molecule has 0 spiro atoms. The predicted molar refractivity (Wildman–Crippen MR) is 100.0 cm³/mol. The molecule has 5 nitrogen and oxygen atoms in total. The quantitative estimate of drug-likeness (QED) is 0.652. The van der Waals surface area contributed by atoms with Crippen molar-refractivity contribution in [1.82, 2.24) is 4.98 Å². The molecule has 1 saturated heterocycles. The van der Waals surface area contributed by atoms with Gasteiger partial charge in [-0.25, -0.2) is 4.98 Å². The van der Waals surface area contributed by atoms with Crippen LogP contribution in [-0.2, 0) is 0 Å². The van der Waals surface area contributed by atoms with Gasteiger partial charge in [-0.3, -0.25) is 0 Å². The number of aromatic nitrogens is 1. The monoisotopic (exact) mass is 375 g/mol. The maximum Gasteiger partial charge on any atom is 0.173 e. The maximum atomic E-state index is 10.2. The molecule has 0 bridgehead atoms. The molecule has 25 heavy (non-hydrogen) atoms. The lowest BCUT2D eigenvalue weighted by atomic mass is 10.1. The Morgan fingerprint density at radius 3 is 2.56 bits per heavy atom. The van der Waals surface area contributed by atoms with Gasteiger partial charge in [-0.15, -0.1) is 23.1 Å². The number of thiazole rings is 1. The lowest BCUT2D eigenvalue weighted by molar-refractivity contribution is -0.0785. The summed E-state index contributed by atoms with van der Waals surface area (Å²) in [5.74, 6) is 0.910. The molecule has 2 heterocycles. The van der Waals surface area contributed by atoms with Crippen molar-refractivity contribution in [3.8, 4) is 16.3 Å². The molecule has 3 N–H and O–H groups in total. The van der Waals surface area contributed by atoms with Crippen molar-refractivity contribution in [2.75, 3.05) is 5.75 Å². The van der Waals surface area contributed by atoms with Gasteiger partial charge < -0.3 is 20.1 Å². The van der Waals surface area contributed by atoms with Crippen LogP contribution in [0.15, 0.2) is 48.5 Å². The molecule has 2 aromatic carbocycles. The first-order chi connectivity index (χ1) is 12.1. The third-order valence-electron chi connectivity index (χ3n) is 4.11. The van der Waals surface area contributed by atoms with Gasteiger partial charge in [0.1, 0.15) is 23.0 Å². The zero-order valence-corrected chi connectivity index (χ0v) is 14.8. The number of thioether (sulfide) groups is 1. The van der Waals surface area contributed by atoms with E-state index in [-0.39, 0.29) is 0 Å². The molecule has 0 aliphatic carbocycles. The number of nitrogens with zero attached hydrogens (tertiary/aromatic N) is 1. The summed E-state index contributed by atoms with van der Waals surface area (Å²) in [7, 11) is 0. The molecule has 1 aliphatic heterocycles. The molecule has 1 fully saturated rings. The topological polar surface area (TPSA) is 82.8 Å². The lowest BCUT2D eigenvalue weighted by Gasteiger charge is -2.34. The third kappa shape index (κ3) is 3.26. The Hall–Kier alpha value is -1.64. The average molecular weight is 375 g/mol. The van der Waals surface area contributed by atoms with Gasteiger partial charge >= 0.3 is 0 Å². The number of aliphatic hydroxyl groups is 3. The molecule has 3 aromatic rings. The standard InChI is InChI=1S/C18H17NO4S2/c20-12-9-24-18(16(22)15(12)21)23-13-7-3-1-5-10(13)17-19-11-6-2-4-8-14(11)25-17/h1-8,12,15-16,18,20-22H,9H2/t12-,15+,16-,18-/m1/s1. The van der Waals surface area contributed by atoms with Crippen molar-refractivity contribution in [3.63, 3.8) is 0 Å². The van der Waals surface area contributed by atoms with E-state index in [1.165, 1.54) is 11.8 Å². The second-order valence-corrected chi connectivity index (χ2v) is 8.01. The van der Waals surface area contributed by atoms with E-state index in [2.05, 4.69) is 4.98 Å². The van der Waals surface area contributed by atoms with Crippen molar-refractivity contribution in [3.05, 3.63) is 48.5 Å². The summed E-state index contributed by atoms with van der Waals surface area (Å²) in [5, 5.41) is 30.5. The molecule has 7 heteroatoms. The molecular formula is C18H17NO4S2. The number of rotatable bonds is 3. The minimum absolute atomic E-state index is 0.312. The number of ether oxygens (including phenoxy) is 1. The summed E-state index contributed by atoms with van der Waals surface area (Å²) in [5.41, 5.74) is 1.13. The van der Waals surface area contributed by atoms with Crippen LogP contribution < -0.4 is 4.74 Å². The van der Waals surface area contributed by atoms with E-state index in [1.54, 1.807) is 11.3 Å². The van der Waals surface area contributed by atoms with Crippen LogP contribution in [0.1, 0.15) is 0 Å². The van der Waals surface area contributed by atoms with Crippen molar-refractivity contribution in [2.45, 2.75) is 23.7 Å². The Balaban J connectivity index is 1.65. The number of benzene rings is 2. The average Bonchev–Trinajstić information content (AvgIpc) is 3.06. The second kappa shape index (κ2) is 6.93. The van der Waals surface area contributed by atoms with Gasteiger partial charge in [0.15, 0.2) is 5.44 Å². The molecule has 4 rings (SSSR count). The first-order valence-corrected chi connectivity index (χ1v) is 9.77. The minimum Gasteiger partial charge on any atom is -0.476 e. The fourth-order valence-corrected chi connectivity index (χ4v) is 4.85. The first-order valence-electron chi connectivity index (χ1n) is 7.91. The lowest BCUT2D eigenvalue weighted by Crippen LogP contribution is -2.50. The second-order valence-electron chi connectivity index (χ2n) is 5.85. The highest BCUT2D eigenvalue weighted by atomic mass is 32.2. The number of hydrogen-bond donors (Lipinski definition) is 3. The van der Waals surface area contributed by atoms with Crippen molar-refractivity contribution >= 4 is 33.3 Å². The van der Waals surface area contributed by atoms with Gasteiger partial charge in [0.25, 0.3) is 0 Å². The largest absolute Gasteiger partial charge is 0.476 e. The fraction of sp³-hybridized carbons (Fsp3) is 0.278. The Morgan fingerprint density at radius 2 is 1.72 bits per heavy atom. The zero-order valence-electron chi connectivity index (χ0n) is 13.1. The predicted octanol–water partition coefficient (Wildman–Crippen LogP) is 2.50. The Bertz CT molecular complexity index is 851. The van der Waals surface area contributed by atoms with Gasteiger partial charge in [0.05, 0.1) is 21.9 Å². The highest BCUT2D eigenvalue weighted by Crippen LogP contribution is 2.38. The van der Waals surface area contributed by atoms with Crippen LogP contribution in [0.25, 0.3) is 20.8 Å². The highest BCUT2D eigenvalue weighted by molar-refractivity contribution is 7.99. The van der Waals surface area contributed by atoms with E-state index in [9.17, 15) is 15.3 Å². The Kier molecular flexibility index (Phi) is 4.66. The third-order valence-corrected chi connectivity index (χ3v) is 6.42. The van der Waals surface area contributed by atoms with Crippen LogP contribution in [0.3, 0.4) is 0 Å². The van der Waals surface area contributed by atoms with Crippen molar-refractivity contribution < 1.29 is 20.1 Å². The van der Waals surface area contributed by atoms with Gasteiger partial charge in [0, 0.05) is 5.75 Å². The summed E-state index contributed by atoms with van der Waals surface area (Å²) >= 11 is 2.87. The number of aliphatic hydroxyl groups excluding tert-OH is 3. The van der Waals surface area contributed by atoms with Gasteiger partial charge in [-0.2, -0.15) is 0 Å². The van der Waals surface area contributed by atoms with Crippen LogP contribution in [0.5, 0.6) is 5.75 Å². The van der Waals surface area contributed by atoms with E-state index >= 15 is 0 Å². The van der Waals surface area contributed by atoms with Gasteiger partial charge in [-0.05, 0) is 24.3 Å². The summed E-state index contributed by atoms with van der Waals surface area (Å²) in [6, 6.07) is 15.5. The SMILES string of the molecule is O[C@@H]1[C@@H](O)[C@H](Oc2ccccc2-c2nc3ccccc3s2)SC[C@H]1O. The summed E-state index contributed by atoms with van der Waals surface area (Å²) in [4.78, 5) is 4.66. The van der Waals surface area contributed by atoms with Crippen molar-refractivity contribution in [2.24, 2.45) is 0 Å². The van der Waals surface area contributed by atoms with Crippen LogP contribution in [-0.4, -0.2) is 49.8 Å². The van der Waals surface area contributed by atoms with Crippen LogP contribution in [0.2, 0.25) is 0 Å². The van der Waals surface area contributed by atoms with Gasteiger partial charge in [0.2, 0.25) is 0 Å². The van der Waals surface area contributed by atoms with Crippen LogP contribution >= 0.6 is 23.1 Å². The molecule has 0 amide bonds. The molecule has 1 aliphatic rings. The summed E-state index contributed by atoms with van der Waals surface area (Å²) in [6.07, 6.45) is -3.31. The smallest absolute Gasteiger partial charge is 0.173 e. The molecule has 130 valence electrons. The molecule has 0 radical (unpaired) electrons. The fourth-order valence-electron chi connectivity index (χ4n) is 2.74. The van der Waals surface area contributed by atoms with Crippen molar-refractivity contribution in [1.29, 1.82) is 0 Å². The maximum absolute atomic E-state index is 10.2. The molecular weight excluding hydrogens is 358 g/mol. The zero-order chi connectivity index (χ0) is 17.4. The molecule has 4 atom stereocenters. The summed E-state index contributed by atoms with van der Waals surface area (Å²) < 4.78 is 7.07. The van der Waals surface area contributed by atoms with E-state index in [0.717, 1.165) is 20.8 Å². The highest BCUT2D eigenvalue weighted by Gasteiger charge is 2.38. The number of hydrogen-bond acceptors (Lipinski definition) is 7. The molecule has 0 unspecified atom stereocenters. The summed E-state index contributed by atoms with van der Waals surface area (Å²) in [6.45, 7) is 0. The van der Waals surface area contributed by atoms with Crippen LogP contribution in [0, 0.1) is 0 Å². The minimum atomic E-state index is -1.21. The normalized spacial score (nSPS) is 26.7. The van der Waals surface area contributed by atoms with Crippen LogP contribution in [0.4, 0.5) is 0 Å². The molecule has 1 aromatic heterocycles. The number of fused-ring (bicyclic) bond motifs is 1. The Morgan fingerprint density at radius 1 is 0.960 bits per heavy atom. The Labute approximate surface area is 152 Å². The van der Waals surface area contributed by atoms with E-state index in [4.69, 9.17) is 4.74 Å². The van der Waals surface area contributed by atoms with E-state index in [1.807, 2.05) is 48.5 Å². The first kappa shape index (κ1) is 16.8. The molecule has 0 saturated carbocycles. The van der Waals surface area contributed by atoms with E-state index < -0.39 is 23.7 Å². The van der Waals surface area contributed by atoms with Gasteiger partial charge in [-0.1, -0.05) is 24.3 Å².